The van der Waals surface area contributed by atoms with Gasteiger partial charge in [0, 0.05) is 17.4 Å². The summed E-state index contributed by atoms with van der Waals surface area (Å²) in [6, 6.07) is 0. The lowest BCUT2D eigenvalue weighted by atomic mass is 9.67. The molecule has 3 heteroatoms. The molecule has 1 heterocycles. The molecule has 2 aliphatic carbocycles. The molecule has 3 nitrogen and oxygen atoms in total. The summed E-state index contributed by atoms with van der Waals surface area (Å²) < 4.78 is 5.45. The molecule has 0 amide bonds. The van der Waals surface area contributed by atoms with E-state index in [2.05, 4.69) is 13.5 Å². The van der Waals surface area contributed by atoms with E-state index in [-0.39, 0.29) is 23.9 Å². The van der Waals surface area contributed by atoms with Crippen molar-refractivity contribution in [1.29, 1.82) is 0 Å². The highest BCUT2D eigenvalue weighted by atomic mass is 16.6. The maximum Gasteiger partial charge on any atom is 0.334 e. The van der Waals surface area contributed by atoms with Gasteiger partial charge in [0.15, 0.2) is 0 Å². The fraction of sp³-hybridized carbons (Fsp3) is 0.643. The molecule has 0 bridgehead atoms. The minimum atomic E-state index is -0.731. The van der Waals surface area contributed by atoms with Crippen LogP contribution in [0, 0.1) is 11.8 Å². The van der Waals surface area contributed by atoms with Gasteiger partial charge in [0.2, 0.25) is 0 Å². The molecular weight excluding hydrogens is 216 g/mol. The molecule has 2 fully saturated rings. The van der Waals surface area contributed by atoms with Gasteiger partial charge in [-0.15, -0.1) is 0 Å². The molecule has 1 N–H and O–H groups in total. The van der Waals surface area contributed by atoms with Gasteiger partial charge in [-0.3, -0.25) is 0 Å². The number of hydrogen-bond acceptors (Lipinski definition) is 3. The summed E-state index contributed by atoms with van der Waals surface area (Å²) in [4.78, 5) is 11.6. The molecule has 92 valence electrons. The Balaban J connectivity index is 2.08. The first-order valence-electron chi connectivity index (χ1n) is 6.23. The van der Waals surface area contributed by atoms with Crippen LogP contribution >= 0.6 is 0 Å². The van der Waals surface area contributed by atoms with Crippen molar-refractivity contribution >= 4 is 5.97 Å². The number of hydrogen-bond donors (Lipinski definition) is 1. The van der Waals surface area contributed by atoms with E-state index in [9.17, 15) is 9.90 Å². The summed E-state index contributed by atoms with van der Waals surface area (Å²) in [5, 5.41) is 10.6. The summed E-state index contributed by atoms with van der Waals surface area (Å²) in [5.41, 5.74) is 2.25. The number of esters is 1. The zero-order valence-corrected chi connectivity index (χ0v) is 10.3. The molecule has 4 unspecified atom stereocenters. The van der Waals surface area contributed by atoms with E-state index < -0.39 is 5.60 Å². The number of fused-ring (bicyclic) bond motifs is 3. The zero-order valence-electron chi connectivity index (χ0n) is 10.3. The topological polar surface area (TPSA) is 46.5 Å². The second-order valence-corrected chi connectivity index (χ2v) is 5.85. The molecule has 1 saturated heterocycles. The van der Waals surface area contributed by atoms with Gasteiger partial charge in [0.05, 0.1) is 5.60 Å². The SMILES string of the molecule is C=C1C(=O)OC2C3=C(C)CCC3C(C)(O)CC12. The van der Waals surface area contributed by atoms with E-state index in [1.54, 1.807) is 0 Å². The van der Waals surface area contributed by atoms with Crippen LogP contribution in [0.4, 0.5) is 0 Å². The van der Waals surface area contributed by atoms with Crippen LogP contribution in [-0.2, 0) is 9.53 Å². The Morgan fingerprint density at radius 3 is 2.94 bits per heavy atom. The molecule has 1 aliphatic heterocycles. The monoisotopic (exact) mass is 234 g/mol. The number of carbonyl (C=O) groups is 1. The minimum Gasteiger partial charge on any atom is -0.454 e. The number of rotatable bonds is 0. The van der Waals surface area contributed by atoms with Crippen LogP contribution in [0.2, 0.25) is 0 Å². The van der Waals surface area contributed by atoms with E-state index in [4.69, 9.17) is 4.74 Å². The molecule has 4 atom stereocenters. The quantitative estimate of drug-likeness (QED) is 0.396. The predicted octanol–water partition coefficient (Wildman–Crippen LogP) is 1.97. The smallest absolute Gasteiger partial charge is 0.334 e. The van der Waals surface area contributed by atoms with Crippen LogP contribution in [-0.4, -0.2) is 22.8 Å². The van der Waals surface area contributed by atoms with Crippen molar-refractivity contribution in [2.75, 3.05) is 0 Å². The third-order valence-corrected chi connectivity index (χ3v) is 4.68. The van der Waals surface area contributed by atoms with Crippen molar-refractivity contribution in [3.63, 3.8) is 0 Å². The van der Waals surface area contributed by atoms with Crippen LogP contribution in [0.3, 0.4) is 0 Å². The highest BCUT2D eigenvalue weighted by Gasteiger charge is 2.55. The van der Waals surface area contributed by atoms with E-state index in [1.807, 2.05) is 6.92 Å². The van der Waals surface area contributed by atoms with Gasteiger partial charge in [-0.1, -0.05) is 12.2 Å². The van der Waals surface area contributed by atoms with Gasteiger partial charge in [-0.25, -0.2) is 4.79 Å². The van der Waals surface area contributed by atoms with Crippen LogP contribution < -0.4 is 0 Å². The van der Waals surface area contributed by atoms with Crippen molar-refractivity contribution < 1.29 is 14.6 Å². The normalized spacial score (nSPS) is 44.8. The van der Waals surface area contributed by atoms with Gasteiger partial charge >= 0.3 is 5.97 Å². The number of ether oxygens (including phenoxy) is 1. The molecule has 0 spiro atoms. The summed E-state index contributed by atoms with van der Waals surface area (Å²) in [5.74, 6) is -0.164. The fourth-order valence-corrected chi connectivity index (χ4v) is 3.75. The maximum absolute atomic E-state index is 11.6. The van der Waals surface area contributed by atoms with Crippen molar-refractivity contribution in [1.82, 2.24) is 0 Å². The molecular formula is C14H18O3. The first kappa shape index (κ1) is 11.0. The third-order valence-electron chi connectivity index (χ3n) is 4.68. The number of allylic oxidation sites excluding steroid dienone is 1. The molecule has 1 saturated carbocycles. The highest BCUT2D eigenvalue weighted by Crippen LogP contribution is 2.53. The van der Waals surface area contributed by atoms with Crippen LogP contribution in [0.15, 0.2) is 23.3 Å². The van der Waals surface area contributed by atoms with E-state index in [0.717, 1.165) is 12.8 Å². The van der Waals surface area contributed by atoms with Gasteiger partial charge in [0.25, 0.3) is 0 Å². The second-order valence-electron chi connectivity index (χ2n) is 5.85. The Morgan fingerprint density at radius 2 is 2.24 bits per heavy atom. The molecule has 0 radical (unpaired) electrons. The van der Waals surface area contributed by atoms with Gasteiger partial charge < -0.3 is 9.84 Å². The Bertz CT molecular complexity index is 444. The molecule has 0 aromatic heterocycles. The van der Waals surface area contributed by atoms with E-state index >= 15 is 0 Å². The molecule has 0 aromatic carbocycles. The van der Waals surface area contributed by atoms with Crippen LogP contribution in [0.5, 0.6) is 0 Å². The van der Waals surface area contributed by atoms with Crippen LogP contribution in [0.25, 0.3) is 0 Å². The first-order chi connectivity index (χ1) is 7.92. The van der Waals surface area contributed by atoms with E-state index in [1.165, 1.54) is 11.1 Å². The molecule has 3 aliphatic rings. The summed E-state index contributed by atoms with van der Waals surface area (Å²) >= 11 is 0. The lowest BCUT2D eigenvalue weighted by Crippen LogP contribution is -2.46. The summed E-state index contributed by atoms with van der Waals surface area (Å²) in [7, 11) is 0. The average molecular weight is 234 g/mol. The fourth-order valence-electron chi connectivity index (χ4n) is 3.75. The van der Waals surface area contributed by atoms with Gasteiger partial charge in [-0.05, 0) is 38.7 Å². The Morgan fingerprint density at radius 1 is 1.53 bits per heavy atom. The number of carbonyl (C=O) groups excluding carboxylic acids is 1. The zero-order chi connectivity index (χ0) is 12.4. The van der Waals surface area contributed by atoms with Crippen LogP contribution in [0.1, 0.15) is 33.1 Å². The maximum atomic E-state index is 11.6. The van der Waals surface area contributed by atoms with Crippen molar-refractivity contribution in [3.8, 4) is 0 Å². The predicted molar refractivity (Wildman–Crippen MR) is 63.2 cm³/mol. The van der Waals surface area contributed by atoms with Gasteiger partial charge in [-0.2, -0.15) is 0 Å². The van der Waals surface area contributed by atoms with Crippen molar-refractivity contribution in [2.45, 2.75) is 44.8 Å². The third kappa shape index (κ3) is 1.35. The Labute approximate surface area is 101 Å². The van der Waals surface area contributed by atoms with Crippen molar-refractivity contribution in [3.05, 3.63) is 23.3 Å². The standard InChI is InChI=1S/C14H18O3/c1-7-4-5-10-11(7)12-9(6-14(10,3)16)8(2)13(15)17-12/h9-10,12,16H,2,4-6H2,1,3H3. The minimum absolute atomic E-state index is 0.0307. The number of aliphatic hydroxyl groups is 1. The lowest BCUT2D eigenvalue weighted by molar-refractivity contribution is -0.139. The molecule has 17 heavy (non-hydrogen) atoms. The largest absolute Gasteiger partial charge is 0.454 e. The average Bonchev–Trinajstić information content (AvgIpc) is 2.74. The van der Waals surface area contributed by atoms with E-state index in [0.29, 0.717) is 12.0 Å². The lowest BCUT2D eigenvalue weighted by Gasteiger charge is -2.42. The van der Waals surface area contributed by atoms with Gasteiger partial charge in [0.1, 0.15) is 6.10 Å². The van der Waals surface area contributed by atoms with Crippen molar-refractivity contribution in [2.24, 2.45) is 11.8 Å². The Kier molecular flexibility index (Phi) is 2.09. The second kappa shape index (κ2) is 3.22. The molecule has 0 aromatic rings. The first-order valence-corrected chi connectivity index (χ1v) is 6.23. The molecule has 3 rings (SSSR count). The Hall–Kier alpha value is -1.09. The summed E-state index contributed by atoms with van der Waals surface area (Å²) in [6.07, 6.45) is 2.41. The highest BCUT2D eigenvalue weighted by molar-refractivity contribution is 5.91. The summed E-state index contributed by atoms with van der Waals surface area (Å²) in [6.45, 7) is 7.78.